The second-order valence-corrected chi connectivity index (χ2v) is 4.15. The van der Waals surface area contributed by atoms with Crippen LogP contribution < -0.4 is 15.8 Å². The third-order valence-corrected chi connectivity index (χ3v) is 2.78. The topological polar surface area (TPSA) is 77.2 Å². The molecule has 0 radical (unpaired) electrons. The van der Waals surface area contributed by atoms with Crippen molar-refractivity contribution in [1.82, 2.24) is 4.98 Å². The summed E-state index contributed by atoms with van der Waals surface area (Å²) in [5, 5.41) is 3.46. The van der Waals surface area contributed by atoms with Crippen LogP contribution in [-0.4, -0.2) is 18.0 Å². The fourth-order valence-electron chi connectivity index (χ4n) is 1.58. The quantitative estimate of drug-likeness (QED) is 0.900. The highest BCUT2D eigenvalue weighted by molar-refractivity contribution is 6.32. The zero-order valence-corrected chi connectivity index (χ0v) is 10.9. The van der Waals surface area contributed by atoms with Crippen molar-refractivity contribution >= 4 is 29.0 Å². The Balaban J connectivity index is 2.31. The van der Waals surface area contributed by atoms with Crippen LogP contribution in [-0.2, 0) is 0 Å². The molecule has 0 unspecified atom stereocenters. The Bertz CT molecular complexity index is 617. The average Bonchev–Trinajstić information content (AvgIpc) is 2.39. The van der Waals surface area contributed by atoms with E-state index in [2.05, 4.69) is 10.3 Å². The third kappa shape index (κ3) is 2.95. The fourth-order valence-corrected chi connectivity index (χ4v) is 1.84. The third-order valence-electron chi connectivity index (χ3n) is 2.49. The van der Waals surface area contributed by atoms with Crippen LogP contribution in [0, 0.1) is 0 Å². The summed E-state index contributed by atoms with van der Waals surface area (Å²) < 4.78 is 5.06. The maximum absolute atomic E-state index is 11.3. The van der Waals surface area contributed by atoms with Crippen molar-refractivity contribution < 1.29 is 9.53 Å². The van der Waals surface area contributed by atoms with Gasteiger partial charge in [-0.2, -0.15) is 0 Å². The standard InChI is InChI=1S/C13H12ClN3O2/c1-19-11-5-4-8(7-10(11)14)17-13-9(12(15)18)3-2-6-16-13/h2-7H,1H3,(H2,15,18)(H,16,17). The summed E-state index contributed by atoms with van der Waals surface area (Å²) in [4.78, 5) is 15.4. The molecule has 1 aromatic heterocycles. The number of hydrogen-bond donors (Lipinski definition) is 2. The first-order chi connectivity index (χ1) is 9.11. The van der Waals surface area contributed by atoms with Gasteiger partial charge >= 0.3 is 0 Å². The molecule has 2 rings (SSSR count). The molecule has 5 nitrogen and oxygen atoms in total. The number of pyridine rings is 1. The number of nitrogens with two attached hydrogens (primary N) is 1. The van der Waals surface area contributed by atoms with Crippen molar-refractivity contribution in [2.75, 3.05) is 12.4 Å². The molecular weight excluding hydrogens is 266 g/mol. The van der Waals surface area contributed by atoms with Crippen LogP contribution in [0.3, 0.4) is 0 Å². The number of ether oxygens (including phenoxy) is 1. The number of benzene rings is 1. The molecule has 19 heavy (non-hydrogen) atoms. The maximum atomic E-state index is 11.3. The molecule has 6 heteroatoms. The van der Waals surface area contributed by atoms with Gasteiger partial charge in [-0.05, 0) is 30.3 Å². The number of nitrogens with one attached hydrogen (secondary N) is 1. The number of halogens is 1. The van der Waals surface area contributed by atoms with Crippen LogP contribution in [0.1, 0.15) is 10.4 Å². The number of amides is 1. The van der Waals surface area contributed by atoms with Gasteiger partial charge in [-0.3, -0.25) is 4.79 Å². The number of methoxy groups -OCH3 is 1. The van der Waals surface area contributed by atoms with E-state index < -0.39 is 5.91 Å². The molecule has 2 aromatic rings. The van der Waals surface area contributed by atoms with Crippen molar-refractivity contribution in [3.05, 3.63) is 47.1 Å². The number of primary amides is 1. The van der Waals surface area contributed by atoms with Gasteiger partial charge in [-0.1, -0.05) is 11.6 Å². The first kappa shape index (κ1) is 13.2. The Hall–Kier alpha value is -2.27. The molecule has 1 amide bonds. The normalized spacial score (nSPS) is 10.0. The molecule has 3 N–H and O–H groups in total. The second-order valence-electron chi connectivity index (χ2n) is 3.74. The van der Waals surface area contributed by atoms with Gasteiger partial charge in [0.25, 0.3) is 5.91 Å². The minimum absolute atomic E-state index is 0.314. The lowest BCUT2D eigenvalue weighted by Gasteiger charge is -2.10. The summed E-state index contributed by atoms with van der Waals surface area (Å²) in [7, 11) is 1.54. The lowest BCUT2D eigenvalue weighted by atomic mass is 10.2. The summed E-state index contributed by atoms with van der Waals surface area (Å²) in [5.41, 5.74) is 6.28. The van der Waals surface area contributed by atoms with Gasteiger partial charge in [-0.15, -0.1) is 0 Å². The SMILES string of the molecule is COc1ccc(Nc2ncccc2C(N)=O)cc1Cl. The van der Waals surface area contributed by atoms with Gasteiger partial charge in [0.05, 0.1) is 17.7 Å². The van der Waals surface area contributed by atoms with E-state index in [1.807, 2.05) is 0 Å². The maximum Gasteiger partial charge on any atom is 0.252 e. The van der Waals surface area contributed by atoms with E-state index in [1.165, 1.54) is 7.11 Å². The highest BCUT2D eigenvalue weighted by atomic mass is 35.5. The molecule has 1 heterocycles. The Kier molecular flexibility index (Phi) is 3.87. The minimum atomic E-state index is -0.546. The van der Waals surface area contributed by atoms with Crippen molar-refractivity contribution in [2.24, 2.45) is 5.73 Å². The van der Waals surface area contributed by atoms with E-state index in [0.717, 1.165) is 0 Å². The van der Waals surface area contributed by atoms with Crippen LogP contribution in [0.5, 0.6) is 5.75 Å². The summed E-state index contributed by atoms with van der Waals surface area (Å²) in [6.07, 6.45) is 1.57. The first-order valence-corrected chi connectivity index (χ1v) is 5.85. The molecule has 0 aliphatic heterocycles. The highest BCUT2D eigenvalue weighted by Crippen LogP contribution is 2.28. The zero-order chi connectivity index (χ0) is 13.8. The van der Waals surface area contributed by atoms with Crippen LogP contribution >= 0.6 is 11.6 Å². The zero-order valence-electron chi connectivity index (χ0n) is 10.2. The van der Waals surface area contributed by atoms with Gasteiger partial charge in [0.2, 0.25) is 0 Å². The van der Waals surface area contributed by atoms with Crippen molar-refractivity contribution in [3.8, 4) is 5.75 Å². The number of rotatable bonds is 4. The molecule has 0 spiro atoms. The number of carbonyl (C=O) groups excluding carboxylic acids is 1. The predicted octanol–water partition coefficient (Wildman–Crippen LogP) is 2.59. The molecular formula is C13H12ClN3O2. The minimum Gasteiger partial charge on any atom is -0.495 e. The van der Waals surface area contributed by atoms with Crippen molar-refractivity contribution in [1.29, 1.82) is 0 Å². The van der Waals surface area contributed by atoms with E-state index in [9.17, 15) is 4.79 Å². The molecule has 0 aliphatic rings. The molecule has 0 saturated heterocycles. The van der Waals surface area contributed by atoms with E-state index in [1.54, 1.807) is 36.5 Å². The van der Waals surface area contributed by atoms with E-state index in [0.29, 0.717) is 27.8 Å². The first-order valence-electron chi connectivity index (χ1n) is 5.47. The van der Waals surface area contributed by atoms with Gasteiger partial charge < -0.3 is 15.8 Å². The monoisotopic (exact) mass is 277 g/mol. The van der Waals surface area contributed by atoms with Crippen molar-refractivity contribution in [3.63, 3.8) is 0 Å². The Morgan fingerprint density at radius 3 is 2.84 bits per heavy atom. The summed E-state index contributed by atoms with van der Waals surface area (Å²) in [6, 6.07) is 8.41. The molecule has 0 saturated carbocycles. The molecule has 0 aliphatic carbocycles. The van der Waals surface area contributed by atoms with Gasteiger partial charge in [-0.25, -0.2) is 4.98 Å². The predicted molar refractivity (Wildman–Crippen MR) is 74.0 cm³/mol. The number of anilines is 2. The Morgan fingerprint density at radius 1 is 1.42 bits per heavy atom. The smallest absolute Gasteiger partial charge is 0.252 e. The fraction of sp³-hybridized carbons (Fsp3) is 0.0769. The molecule has 1 aromatic carbocycles. The Morgan fingerprint density at radius 2 is 2.21 bits per heavy atom. The van der Waals surface area contributed by atoms with Crippen LogP contribution in [0.15, 0.2) is 36.5 Å². The average molecular weight is 278 g/mol. The summed E-state index contributed by atoms with van der Waals surface area (Å²) in [6.45, 7) is 0. The number of aromatic nitrogens is 1. The van der Waals surface area contributed by atoms with E-state index in [-0.39, 0.29) is 0 Å². The second kappa shape index (κ2) is 5.58. The Labute approximate surface area is 115 Å². The van der Waals surface area contributed by atoms with Gasteiger partial charge in [0, 0.05) is 11.9 Å². The van der Waals surface area contributed by atoms with Gasteiger partial charge in [0.15, 0.2) is 0 Å². The molecule has 98 valence electrons. The number of carbonyl (C=O) groups is 1. The van der Waals surface area contributed by atoms with Crippen LogP contribution in [0.25, 0.3) is 0 Å². The van der Waals surface area contributed by atoms with E-state index in [4.69, 9.17) is 22.1 Å². The molecule has 0 atom stereocenters. The molecule has 0 bridgehead atoms. The highest BCUT2D eigenvalue weighted by Gasteiger charge is 2.09. The number of hydrogen-bond acceptors (Lipinski definition) is 4. The summed E-state index contributed by atoms with van der Waals surface area (Å²) >= 11 is 6.02. The largest absolute Gasteiger partial charge is 0.495 e. The lowest BCUT2D eigenvalue weighted by Crippen LogP contribution is -2.14. The van der Waals surface area contributed by atoms with Crippen LogP contribution in [0.2, 0.25) is 5.02 Å². The molecule has 0 fully saturated rings. The number of nitrogens with zero attached hydrogens (tertiary/aromatic N) is 1. The van der Waals surface area contributed by atoms with Crippen molar-refractivity contribution in [2.45, 2.75) is 0 Å². The summed E-state index contributed by atoms with van der Waals surface area (Å²) in [5.74, 6) is 0.412. The lowest BCUT2D eigenvalue weighted by molar-refractivity contribution is 0.100. The van der Waals surface area contributed by atoms with E-state index >= 15 is 0 Å². The van der Waals surface area contributed by atoms with Gasteiger partial charge in [0.1, 0.15) is 11.6 Å². The van der Waals surface area contributed by atoms with Crippen LogP contribution in [0.4, 0.5) is 11.5 Å².